The first-order chi connectivity index (χ1) is 11.7. The van der Waals surface area contributed by atoms with E-state index in [9.17, 15) is 9.90 Å². The Labute approximate surface area is 142 Å². The predicted molar refractivity (Wildman–Crippen MR) is 92.4 cm³/mol. The largest absolute Gasteiger partial charge is 0.391 e. The summed E-state index contributed by atoms with van der Waals surface area (Å²) in [6, 6.07) is 10.3. The number of rotatable bonds is 6. The molecule has 1 aromatic carbocycles. The number of nitrogens with zero attached hydrogens (tertiary/aromatic N) is 2. The molecule has 1 aliphatic rings. The van der Waals surface area contributed by atoms with Crippen molar-refractivity contribution < 1.29 is 9.90 Å². The molecule has 0 unspecified atom stereocenters. The average Bonchev–Trinajstić information content (AvgIpc) is 3.11. The standard InChI is InChI=1S/C19H25N3O2/c23-18-14-22(19(24)8-4-7-16-12-20-21-13-16)10-9-17(18)11-15-5-2-1-3-6-15/h1-3,5-6,12-13,17-18,23H,4,7-11,14H2,(H,20,21)/t17-,18+/m1/s1. The molecule has 2 aromatic rings. The smallest absolute Gasteiger partial charge is 0.222 e. The first kappa shape index (κ1) is 16.7. The Morgan fingerprint density at radius 2 is 2.12 bits per heavy atom. The van der Waals surface area contributed by atoms with Crippen LogP contribution in [0.4, 0.5) is 0 Å². The van der Waals surface area contributed by atoms with E-state index in [1.165, 1.54) is 5.56 Å². The molecule has 1 fully saturated rings. The van der Waals surface area contributed by atoms with E-state index in [4.69, 9.17) is 0 Å². The normalized spacial score (nSPS) is 21.0. The molecule has 2 atom stereocenters. The Bertz CT molecular complexity index is 627. The average molecular weight is 327 g/mol. The minimum atomic E-state index is -0.434. The van der Waals surface area contributed by atoms with Crippen molar-refractivity contribution in [1.82, 2.24) is 15.1 Å². The Balaban J connectivity index is 1.43. The zero-order valence-electron chi connectivity index (χ0n) is 13.9. The summed E-state index contributed by atoms with van der Waals surface area (Å²) >= 11 is 0. The first-order valence-corrected chi connectivity index (χ1v) is 8.70. The maximum absolute atomic E-state index is 12.3. The van der Waals surface area contributed by atoms with E-state index in [-0.39, 0.29) is 11.8 Å². The summed E-state index contributed by atoms with van der Waals surface area (Å²) in [5.74, 6) is 0.387. The van der Waals surface area contributed by atoms with Crippen molar-refractivity contribution in [2.45, 2.75) is 38.2 Å². The Morgan fingerprint density at radius 3 is 2.83 bits per heavy atom. The molecule has 24 heavy (non-hydrogen) atoms. The SMILES string of the molecule is O=C(CCCc1cn[nH]c1)N1CC[C@H](Cc2ccccc2)[C@@H](O)C1. The number of likely N-dealkylation sites (tertiary alicyclic amines) is 1. The molecule has 0 aliphatic carbocycles. The molecule has 1 aliphatic heterocycles. The van der Waals surface area contributed by atoms with Gasteiger partial charge in [0.2, 0.25) is 5.91 Å². The molecule has 0 saturated carbocycles. The summed E-state index contributed by atoms with van der Waals surface area (Å²) in [7, 11) is 0. The Morgan fingerprint density at radius 1 is 1.29 bits per heavy atom. The number of aromatic amines is 1. The van der Waals surface area contributed by atoms with Gasteiger partial charge in [0.15, 0.2) is 0 Å². The molecule has 0 spiro atoms. The number of aromatic nitrogens is 2. The highest BCUT2D eigenvalue weighted by Crippen LogP contribution is 2.23. The number of aliphatic hydroxyl groups excluding tert-OH is 1. The summed E-state index contributed by atoms with van der Waals surface area (Å²) < 4.78 is 0. The lowest BCUT2D eigenvalue weighted by Gasteiger charge is -2.36. The van der Waals surface area contributed by atoms with Crippen molar-refractivity contribution in [2.75, 3.05) is 13.1 Å². The van der Waals surface area contributed by atoms with Gasteiger partial charge in [0.25, 0.3) is 0 Å². The van der Waals surface area contributed by atoms with Gasteiger partial charge in [0, 0.05) is 25.7 Å². The van der Waals surface area contributed by atoms with Crippen molar-refractivity contribution in [3.8, 4) is 0 Å². The third-order valence-electron chi connectivity index (χ3n) is 4.83. The van der Waals surface area contributed by atoms with Gasteiger partial charge in [-0.3, -0.25) is 9.89 Å². The fraction of sp³-hybridized carbons (Fsp3) is 0.474. The third kappa shape index (κ3) is 4.45. The highest BCUT2D eigenvalue weighted by atomic mass is 16.3. The van der Waals surface area contributed by atoms with Crippen LogP contribution in [-0.4, -0.2) is 45.3 Å². The molecule has 128 valence electrons. The molecule has 2 N–H and O–H groups in total. The minimum absolute atomic E-state index is 0.149. The number of nitrogens with one attached hydrogen (secondary N) is 1. The lowest BCUT2D eigenvalue weighted by atomic mass is 9.87. The van der Waals surface area contributed by atoms with Gasteiger partial charge in [0.05, 0.1) is 12.3 Å². The summed E-state index contributed by atoms with van der Waals surface area (Å²) in [5.41, 5.74) is 2.38. The highest BCUT2D eigenvalue weighted by molar-refractivity contribution is 5.76. The number of β-amino-alcohol motifs (C(OH)–C–C–N with tert-alkyl or cyclic N) is 1. The summed E-state index contributed by atoms with van der Waals surface area (Å²) in [5, 5.41) is 17.1. The van der Waals surface area contributed by atoms with Crippen LogP contribution in [0.25, 0.3) is 0 Å². The van der Waals surface area contributed by atoms with Crippen molar-refractivity contribution in [1.29, 1.82) is 0 Å². The second-order valence-electron chi connectivity index (χ2n) is 6.61. The molecule has 1 amide bonds. The maximum Gasteiger partial charge on any atom is 0.222 e. The molecule has 1 aromatic heterocycles. The van der Waals surface area contributed by atoms with Gasteiger partial charge < -0.3 is 10.0 Å². The van der Waals surface area contributed by atoms with Crippen molar-refractivity contribution >= 4 is 5.91 Å². The Kier molecular flexibility index (Phi) is 5.64. The van der Waals surface area contributed by atoms with Crippen LogP contribution in [0.3, 0.4) is 0 Å². The molecule has 2 heterocycles. The lowest BCUT2D eigenvalue weighted by molar-refractivity contribution is -0.135. The number of carbonyl (C=O) groups excluding carboxylic acids is 1. The maximum atomic E-state index is 12.3. The van der Waals surface area contributed by atoms with E-state index in [1.54, 1.807) is 6.20 Å². The quantitative estimate of drug-likeness (QED) is 0.854. The van der Waals surface area contributed by atoms with Crippen LogP contribution in [0.5, 0.6) is 0 Å². The van der Waals surface area contributed by atoms with Crippen LogP contribution in [0, 0.1) is 5.92 Å². The lowest BCUT2D eigenvalue weighted by Crippen LogP contribution is -2.47. The third-order valence-corrected chi connectivity index (χ3v) is 4.83. The van der Waals surface area contributed by atoms with Gasteiger partial charge in [-0.15, -0.1) is 0 Å². The first-order valence-electron chi connectivity index (χ1n) is 8.70. The van der Waals surface area contributed by atoms with E-state index in [2.05, 4.69) is 22.3 Å². The van der Waals surface area contributed by atoms with E-state index < -0.39 is 6.10 Å². The molecular weight excluding hydrogens is 302 g/mol. The number of hydrogen-bond acceptors (Lipinski definition) is 3. The summed E-state index contributed by atoms with van der Waals surface area (Å²) in [4.78, 5) is 14.1. The second-order valence-corrected chi connectivity index (χ2v) is 6.61. The molecule has 1 saturated heterocycles. The van der Waals surface area contributed by atoms with Crippen molar-refractivity contribution in [2.24, 2.45) is 5.92 Å². The van der Waals surface area contributed by atoms with Gasteiger partial charge in [-0.25, -0.2) is 0 Å². The van der Waals surface area contributed by atoms with Crippen LogP contribution in [-0.2, 0) is 17.6 Å². The Hall–Kier alpha value is -2.14. The number of benzene rings is 1. The monoisotopic (exact) mass is 327 g/mol. The number of hydrogen-bond donors (Lipinski definition) is 2. The number of aliphatic hydroxyl groups is 1. The van der Waals surface area contributed by atoms with Crippen LogP contribution >= 0.6 is 0 Å². The fourth-order valence-electron chi connectivity index (χ4n) is 3.38. The highest BCUT2D eigenvalue weighted by Gasteiger charge is 2.29. The topological polar surface area (TPSA) is 69.2 Å². The number of carbonyl (C=O) groups is 1. The minimum Gasteiger partial charge on any atom is -0.391 e. The van der Waals surface area contributed by atoms with E-state index >= 15 is 0 Å². The molecular formula is C19H25N3O2. The van der Waals surface area contributed by atoms with Crippen LogP contribution in [0.1, 0.15) is 30.4 Å². The molecule has 3 rings (SSSR count). The second kappa shape index (κ2) is 8.11. The van der Waals surface area contributed by atoms with E-state index in [0.29, 0.717) is 13.0 Å². The number of amides is 1. The molecule has 0 radical (unpaired) electrons. The predicted octanol–water partition coefficient (Wildman–Crippen LogP) is 2.18. The van der Waals surface area contributed by atoms with Gasteiger partial charge >= 0.3 is 0 Å². The number of piperidine rings is 1. The van der Waals surface area contributed by atoms with Gasteiger partial charge in [-0.2, -0.15) is 5.10 Å². The van der Waals surface area contributed by atoms with Crippen molar-refractivity contribution in [3.63, 3.8) is 0 Å². The molecule has 5 heteroatoms. The molecule has 0 bridgehead atoms. The van der Waals surface area contributed by atoms with Gasteiger partial charge in [0.1, 0.15) is 0 Å². The van der Waals surface area contributed by atoms with E-state index in [1.807, 2.05) is 29.3 Å². The van der Waals surface area contributed by atoms with Crippen LogP contribution < -0.4 is 0 Å². The number of H-pyrrole nitrogens is 1. The molecule has 5 nitrogen and oxygen atoms in total. The van der Waals surface area contributed by atoms with Gasteiger partial charge in [-0.05, 0) is 42.7 Å². The summed E-state index contributed by atoms with van der Waals surface area (Å²) in [6.45, 7) is 1.21. The van der Waals surface area contributed by atoms with E-state index in [0.717, 1.165) is 37.8 Å². The summed E-state index contributed by atoms with van der Waals surface area (Å²) in [6.07, 6.45) is 7.17. The number of aryl methyl sites for hydroxylation is 1. The van der Waals surface area contributed by atoms with Crippen LogP contribution in [0.15, 0.2) is 42.7 Å². The van der Waals surface area contributed by atoms with Gasteiger partial charge in [-0.1, -0.05) is 30.3 Å². The zero-order valence-corrected chi connectivity index (χ0v) is 13.9. The zero-order chi connectivity index (χ0) is 16.8. The van der Waals surface area contributed by atoms with Crippen molar-refractivity contribution in [3.05, 3.63) is 53.9 Å². The fourth-order valence-corrected chi connectivity index (χ4v) is 3.38. The van der Waals surface area contributed by atoms with Crippen LogP contribution in [0.2, 0.25) is 0 Å².